The minimum Gasteiger partial charge on any atom is -0.273 e. The van der Waals surface area contributed by atoms with Crippen molar-refractivity contribution in [1.82, 2.24) is 10.9 Å². The lowest BCUT2D eigenvalue weighted by atomic mass is 9.97. The summed E-state index contributed by atoms with van der Waals surface area (Å²) in [4.78, 5) is 23.6. The van der Waals surface area contributed by atoms with Crippen molar-refractivity contribution < 1.29 is 22.8 Å². The number of carbonyl (C=O) groups is 2. The second-order valence-corrected chi connectivity index (χ2v) is 8.21. The third-order valence-electron chi connectivity index (χ3n) is 4.62. The summed E-state index contributed by atoms with van der Waals surface area (Å²) in [5, 5.41) is -0.161. The van der Waals surface area contributed by atoms with Crippen LogP contribution in [-0.2, 0) is 4.79 Å². The first-order chi connectivity index (χ1) is 14.6. The standard InChI is InChI=1S/C21H16Cl3F3N2O2/c22-16-9-14(10-17(23)18(16)24)15(21(25,26)27)8-3-11-1-4-12(5-2-11)19(30)28-29-20(31)13-6-7-13/h1-5,8-10,13,15H,6-7H2,(H,28,30)(H,29,31)/b8-3+. The first-order valence-corrected chi connectivity index (χ1v) is 10.3. The Balaban J connectivity index is 1.72. The van der Waals surface area contributed by atoms with E-state index in [9.17, 15) is 22.8 Å². The van der Waals surface area contributed by atoms with Gasteiger partial charge < -0.3 is 0 Å². The van der Waals surface area contributed by atoms with Crippen LogP contribution in [0, 0.1) is 5.92 Å². The van der Waals surface area contributed by atoms with E-state index in [1.165, 1.54) is 30.3 Å². The van der Waals surface area contributed by atoms with Crippen molar-refractivity contribution in [2.45, 2.75) is 24.9 Å². The number of benzene rings is 2. The van der Waals surface area contributed by atoms with Gasteiger partial charge in [0.1, 0.15) is 0 Å². The summed E-state index contributed by atoms with van der Waals surface area (Å²) in [6.45, 7) is 0. The van der Waals surface area contributed by atoms with Crippen LogP contribution in [0.15, 0.2) is 42.5 Å². The Labute approximate surface area is 191 Å². The van der Waals surface area contributed by atoms with E-state index >= 15 is 0 Å². The van der Waals surface area contributed by atoms with Crippen molar-refractivity contribution in [3.63, 3.8) is 0 Å². The molecule has 2 amide bonds. The zero-order valence-corrected chi connectivity index (χ0v) is 18.0. The fourth-order valence-corrected chi connectivity index (χ4v) is 3.37. The second-order valence-electron chi connectivity index (χ2n) is 7.02. The number of alkyl halides is 3. The topological polar surface area (TPSA) is 58.2 Å². The Morgan fingerprint density at radius 2 is 1.58 bits per heavy atom. The summed E-state index contributed by atoms with van der Waals surface area (Å²) in [6, 6.07) is 8.11. The van der Waals surface area contributed by atoms with Gasteiger partial charge in [-0.05, 0) is 48.2 Å². The molecule has 0 bridgehead atoms. The van der Waals surface area contributed by atoms with Crippen LogP contribution in [0.1, 0.15) is 40.2 Å². The molecule has 1 aliphatic carbocycles. The molecule has 1 aliphatic rings. The van der Waals surface area contributed by atoms with E-state index in [-0.39, 0.29) is 38.0 Å². The molecule has 2 aromatic rings. The molecule has 0 aromatic heterocycles. The first-order valence-electron chi connectivity index (χ1n) is 9.16. The average Bonchev–Trinajstić information content (AvgIpc) is 3.55. The van der Waals surface area contributed by atoms with Crippen molar-refractivity contribution in [1.29, 1.82) is 0 Å². The minimum absolute atomic E-state index is 0.0147. The van der Waals surface area contributed by atoms with Crippen molar-refractivity contribution in [2.24, 2.45) is 5.92 Å². The van der Waals surface area contributed by atoms with Gasteiger partial charge in [-0.2, -0.15) is 13.2 Å². The highest BCUT2D eigenvalue weighted by molar-refractivity contribution is 6.48. The molecule has 10 heteroatoms. The molecule has 3 rings (SSSR count). The van der Waals surface area contributed by atoms with E-state index in [0.29, 0.717) is 5.56 Å². The molecule has 2 aromatic carbocycles. The van der Waals surface area contributed by atoms with Crippen LogP contribution in [0.2, 0.25) is 15.1 Å². The summed E-state index contributed by atoms with van der Waals surface area (Å²) in [5.41, 5.74) is 5.19. The number of hydrazine groups is 1. The third-order valence-corrected chi connectivity index (χ3v) is 5.82. The molecular formula is C21H16Cl3F3N2O2. The summed E-state index contributed by atoms with van der Waals surface area (Å²) >= 11 is 17.6. The number of hydrogen-bond acceptors (Lipinski definition) is 2. The highest BCUT2D eigenvalue weighted by Gasteiger charge is 2.39. The van der Waals surface area contributed by atoms with E-state index in [4.69, 9.17) is 34.8 Å². The van der Waals surface area contributed by atoms with Crippen LogP contribution in [0.25, 0.3) is 6.08 Å². The SMILES string of the molecule is O=C(NNC(=O)C1CC1)c1ccc(/C=C/C(c2cc(Cl)c(Cl)c(Cl)c2)C(F)(F)F)cc1. The van der Waals surface area contributed by atoms with E-state index in [1.807, 2.05) is 0 Å². The molecule has 0 heterocycles. The summed E-state index contributed by atoms with van der Waals surface area (Å²) in [7, 11) is 0. The minimum atomic E-state index is -4.59. The Hall–Kier alpha value is -2.22. The lowest BCUT2D eigenvalue weighted by molar-refractivity contribution is -0.139. The molecule has 164 valence electrons. The lowest BCUT2D eigenvalue weighted by Crippen LogP contribution is -2.42. The van der Waals surface area contributed by atoms with Crippen molar-refractivity contribution >= 4 is 52.7 Å². The molecular weight excluding hydrogens is 476 g/mol. The van der Waals surface area contributed by atoms with Gasteiger partial charge in [0.05, 0.1) is 21.0 Å². The molecule has 0 spiro atoms. The predicted octanol–water partition coefficient (Wildman–Crippen LogP) is 6.18. The van der Waals surface area contributed by atoms with Gasteiger partial charge in [0.25, 0.3) is 5.91 Å². The van der Waals surface area contributed by atoms with E-state index in [2.05, 4.69) is 10.9 Å². The monoisotopic (exact) mass is 490 g/mol. The van der Waals surface area contributed by atoms with Crippen molar-refractivity contribution in [3.05, 3.63) is 74.2 Å². The quantitative estimate of drug-likeness (QED) is 0.388. The number of carbonyl (C=O) groups excluding carboxylic acids is 2. The highest BCUT2D eigenvalue weighted by Crippen LogP contribution is 2.41. The van der Waals surface area contributed by atoms with Crippen LogP contribution >= 0.6 is 34.8 Å². The molecule has 1 unspecified atom stereocenters. The summed E-state index contributed by atoms with van der Waals surface area (Å²) < 4.78 is 40.8. The van der Waals surface area contributed by atoms with Gasteiger partial charge in [0, 0.05) is 11.5 Å². The maximum atomic E-state index is 13.6. The van der Waals surface area contributed by atoms with Crippen LogP contribution in [0.4, 0.5) is 13.2 Å². The Morgan fingerprint density at radius 3 is 2.10 bits per heavy atom. The zero-order chi connectivity index (χ0) is 22.8. The van der Waals surface area contributed by atoms with Crippen molar-refractivity contribution in [2.75, 3.05) is 0 Å². The van der Waals surface area contributed by atoms with Gasteiger partial charge in [-0.1, -0.05) is 59.1 Å². The normalized spacial score (nSPS) is 15.0. The van der Waals surface area contributed by atoms with Gasteiger partial charge in [0.15, 0.2) is 0 Å². The zero-order valence-electron chi connectivity index (χ0n) is 15.8. The number of allylic oxidation sites excluding steroid dienone is 1. The van der Waals surface area contributed by atoms with Crippen molar-refractivity contribution in [3.8, 4) is 0 Å². The van der Waals surface area contributed by atoms with Gasteiger partial charge in [-0.3, -0.25) is 20.4 Å². The van der Waals surface area contributed by atoms with Gasteiger partial charge >= 0.3 is 6.18 Å². The highest BCUT2D eigenvalue weighted by atomic mass is 35.5. The maximum absolute atomic E-state index is 13.6. The number of halogens is 6. The van der Waals surface area contributed by atoms with Gasteiger partial charge in [-0.15, -0.1) is 0 Å². The molecule has 0 radical (unpaired) electrons. The van der Waals surface area contributed by atoms with Gasteiger partial charge in [-0.25, -0.2) is 0 Å². The van der Waals surface area contributed by atoms with E-state index < -0.39 is 18.0 Å². The second kappa shape index (κ2) is 9.51. The first kappa shape index (κ1) is 23.4. The molecule has 1 fully saturated rings. The molecule has 0 aliphatic heterocycles. The number of hydrogen-bond donors (Lipinski definition) is 2. The third kappa shape index (κ3) is 6.15. The van der Waals surface area contributed by atoms with E-state index in [1.54, 1.807) is 0 Å². The fraction of sp³-hybridized carbons (Fsp3) is 0.238. The van der Waals surface area contributed by atoms with Crippen LogP contribution in [0.3, 0.4) is 0 Å². The Bertz CT molecular complexity index is 997. The number of nitrogens with one attached hydrogen (secondary N) is 2. The Morgan fingerprint density at radius 1 is 1.00 bits per heavy atom. The number of rotatable bonds is 5. The lowest BCUT2D eigenvalue weighted by Gasteiger charge is -2.18. The molecule has 31 heavy (non-hydrogen) atoms. The number of amides is 2. The maximum Gasteiger partial charge on any atom is 0.399 e. The van der Waals surface area contributed by atoms with Crippen LogP contribution < -0.4 is 10.9 Å². The molecule has 2 N–H and O–H groups in total. The predicted molar refractivity (Wildman–Crippen MR) is 114 cm³/mol. The molecule has 0 saturated heterocycles. The van der Waals surface area contributed by atoms with E-state index in [0.717, 1.165) is 31.1 Å². The smallest absolute Gasteiger partial charge is 0.273 e. The van der Waals surface area contributed by atoms with Gasteiger partial charge in [0.2, 0.25) is 5.91 Å². The average molecular weight is 492 g/mol. The largest absolute Gasteiger partial charge is 0.399 e. The fourth-order valence-electron chi connectivity index (χ4n) is 2.75. The van der Waals surface area contributed by atoms with Crippen LogP contribution in [0.5, 0.6) is 0 Å². The summed E-state index contributed by atoms with van der Waals surface area (Å²) in [5.74, 6) is -2.78. The molecule has 1 atom stereocenters. The van der Waals surface area contributed by atoms with Crippen LogP contribution in [-0.4, -0.2) is 18.0 Å². The summed E-state index contributed by atoms with van der Waals surface area (Å²) in [6.07, 6.45) is -0.727. The molecule has 4 nitrogen and oxygen atoms in total. The molecule has 1 saturated carbocycles. The Kier molecular flexibility index (Phi) is 7.19.